The molecule has 0 fully saturated rings. The smallest absolute Gasteiger partial charge is 0.413 e. The van der Waals surface area contributed by atoms with Gasteiger partial charge in [-0.3, -0.25) is 0 Å². The largest absolute Gasteiger partial charge is 0.435 e. The molecule has 1 N–H and O–H groups in total. The summed E-state index contributed by atoms with van der Waals surface area (Å²) in [5.74, 6) is 0. The molecule has 0 saturated heterocycles. The Morgan fingerprint density at radius 1 is 1.06 bits per heavy atom. The van der Waals surface area contributed by atoms with Crippen LogP contribution in [-0.2, 0) is 16.5 Å². The van der Waals surface area contributed by atoms with Gasteiger partial charge in [0, 0.05) is 0 Å². The molecule has 0 unspecified atom stereocenters. The van der Waals surface area contributed by atoms with Crippen molar-refractivity contribution >= 4 is 49.1 Å². The third-order valence-electron chi connectivity index (χ3n) is 1.72. The topological polar surface area (TPSA) is 57.2 Å². The number of hydrogen-bond donors (Lipinski definition) is 1. The lowest BCUT2D eigenvalue weighted by Crippen LogP contribution is -2.40. The Bertz CT molecular complexity index is 156. The van der Waals surface area contributed by atoms with E-state index in [-0.39, 0.29) is 30.0 Å². The van der Waals surface area contributed by atoms with Crippen LogP contribution >= 0.6 is 0 Å². The molecule has 0 rings (SSSR count). The first-order chi connectivity index (χ1) is 7.68. The second kappa shape index (κ2) is 11.0. The molecular formula is C6H15O5Si5. The van der Waals surface area contributed by atoms with Crippen LogP contribution < -0.4 is 0 Å². The van der Waals surface area contributed by atoms with E-state index in [9.17, 15) is 4.80 Å². The fraction of sp³-hybridized carbons (Fsp3) is 1.00. The highest BCUT2D eigenvalue weighted by molar-refractivity contribution is 6.70. The van der Waals surface area contributed by atoms with Crippen LogP contribution in [0.1, 0.15) is 26.7 Å². The Balaban J connectivity index is 3.59. The van der Waals surface area contributed by atoms with E-state index >= 15 is 0 Å². The Kier molecular flexibility index (Phi) is 11.6. The molecule has 0 heterocycles. The Morgan fingerprint density at radius 3 is 2.12 bits per heavy atom. The molecule has 0 aromatic carbocycles. The van der Waals surface area contributed by atoms with E-state index in [1.807, 2.05) is 13.8 Å². The normalized spacial score (nSPS) is 12.0. The van der Waals surface area contributed by atoms with E-state index in [1.54, 1.807) is 0 Å². The molecule has 89 valence electrons. The van der Waals surface area contributed by atoms with Gasteiger partial charge < -0.3 is 21.3 Å². The van der Waals surface area contributed by atoms with Gasteiger partial charge in [0.05, 0.1) is 0 Å². The molecule has 0 aliphatic heterocycles. The van der Waals surface area contributed by atoms with Crippen molar-refractivity contribution < 1.29 is 21.3 Å². The standard InChI is InChI=1S/C6H15O5Si5/c1-3-5-16(7,6-4-2)11-15-10-14-9-13-8-12/h7H,3-6H2,1-2H3. The maximum atomic E-state index is 10.2. The molecule has 0 aliphatic rings. The molecule has 10 heteroatoms. The summed E-state index contributed by atoms with van der Waals surface area (Å²) in [4.78, 5) is 10.2. The lowest BCUT2D eigenvalue weighted by atomic mass is 10.6. The van der Waals surface area contributed by atoms with Crippen LogP contribution in [0.4, 0.5) is 0 Å². The zero-order chi connectivity index (χ0) is 12.3. The maximum Gasteiger partial charge on any atom is 0.413 e. The van der Waals surface area contributed by atoms with Crippen molar-refractivity contribution in [3.8, 4) is 0 Å². The third kappa shape index (κ3) is 8.97. The van der Waals surface area contributed by atoms with E-state index in [4.69, 9.17) is 12.3 Å². The lowest BCUT2D eigenvalue weighted by molar-refractivity contribution is 0.334. The van der Waals surface area contributed by atoms with E-state index in [1.165, 1.54) is 0 Å². The summed E-state index contributed by atoms with van der Waals surface area (Å²) in [5.41, 5.74) is 0. The van der Waals surface area contributed by atoms with Crippen molar-refractivity contribution in [2.24, 2.45) is 0 Å². The van der Waals surface area contributed by atoms with Crippen LogP contribution in [0.5, 0.6) is 0 Å². The molecule has 0 spiro atoms. The van der Waals surface area contributed by atoms with Gasteiger partial charge in [-0.25, -0.2) is 0 Å². The molecule has 0 aromatic rings. The number of hydrogen-bond acceptors (Lipinski definition) is 5. The van der Waals surface area contributed by atoms with Gasteiger partial charge in [-0.2, -0.15) is 0 Å². The predicted octanol–water partition coefficient (Wildman–Crippen LogP) is -0.00660. The molecule has 0 aromatic heterocycles. The van der Waals surface area contributed by atoms with Gasteiger partial charge in [-0.15, -0.1) is 0 Å². The molecule has 16 heavy (non-hydrogen) atoms. The molecule has 5 nitrogen and oxygen atoms in total. The van der Waals surface area contributed by atoms with Gasteiger partial charge in [0.15, 0.2) is 0 Å². The summed E-state index contributed by atoms with van der Waals surface area (Å²) < 4.78 is 20.0. The van der Waals surface area contributed by atoms with Crippen molar-refractivity contribution in [2.75, 3.05) is 0 Å². The van der Waals surface area contributed by atoms with Crippen LogP contribution in [0.15, 0.2) is 0 Å². The quantitative estimate of drug-likeness (QED) is 0.430. The second-order valence-corrected chi connectivity index (χ2v) is 9.76. The second-order valence-electron chi connectivity index (χ2n) is 3.10. The summed E-state index contributed by atoms with van der Waals surface area (Å²) in [5, 5.41) is 0. The molecule has 0 bridgehead atoms. The minimum Gasteiger partial charge on any atom is -0.435 e. The predicted molar refractivity (Wildman–Crippen MR) is 65.5 cm³/mol. The molecule has 9 radical (unpaired) electrons. The van der Waals surface area contributed by atoms with Crippen LogP contribution in [-0.4, -0.2) is 53.9 Å². The summed E-state index contributed by atoms with van der Waals surface area (Å²) in [6.45, 7) is 4.08. The van der Waals surface area contributed by atoms with Crippen molar-refractivity contribution in [3.63, 3.8) is 0 Å². The van der Waals surface area contributed by atoms with E-state index < -0.39 is 8.56 Å². The van der Waals surface area contributed by atoms with Crippen molar-refractivity contribution in [3.05, 3.63) is 0 Å². The first kappa shape index (κ1) is 16.9. The molecule has 0 atom stereocenters. The lowest BCUT2D eigenvalue weighted by Gasteiger charge is -2.23. The first-order valence-corrected chi connectivity index (χ1v) is 10.1. The molecular weight excluding hydrogens is 292 g/mol. The van der Waals surface area contributed by atoms with Crippen molar-refractivity contribution in [2.45, 2.75) is 38.8 Å². The van der Waals surface area contributed by atoms with Crippen LogP contribution in [0.2, 0.25) is 12.1 Å². The van der Waals surface area contributed by atoms with Gasteiger partial charge in [0.2, 0.25) is 10.5 Å². The van der Waals surface area contributed by atoms with E-state index in [0.29, 0.717) is 0 Å². The average molecular weight is 308 g/mol. The Hall–Kier alpha value is 0.884. The minimum absolute atomic E-state index is 0.0879. The van der Waals surface area contributed by atoms with Crippen LogP contribution in [0.3, 0.4) is 0 Å². The zero-order valence-corrected chi connectivity index (χ0v) is 14.4. The summed E-state index contributed by atoms with van der Waals surface area (Å²) in [6, 6.07) is 1.51. The number of rotatable bonds is 11. The molecule has 0 amide bonds. The summed E-state index contributed by atoms with van der Waals surface area (Å²) in [7, 11) is -0.0678. The van der Waals surface area contributed by atoms with Crippen molar-refractivity contribution in [1.82, 2.24) is 0 Å². The minimum atomic E-state index is -2.52. The van der Waals surface area contributed by atoms with E-state index in [0.717, 1.165) is 24.9 Å². The fourth-order valence-electron chi connectivity index (χ4n) is 1.18. The highest BCUT2D eigenvalue weighted by Crippen LogP contribution is 2.17. The highest BCUT2D eigenvalue weighted by Gasteiger charge is 2.31. The van der Waals surface area contributed by atoms with Crippen LogP contribution in [0, 0.1) is 0 Å². The van der Waals surface area contributed by atoms with Gasteiger partial charge >= 0.3 is 38.6 Å². The summed E-state index contributed by atoms with van der Waals surface area (Å²) in [6.07, 6.45) is 1.87. The maximum absolute atomic E-state index is 10.2. The first-order valence-electron chi connectivity index (χ1n) is 4.98. The van der Waals surface area contributed by atoms with E-state index in [2.05, 4.69) is 14.6 Å². The SMILES string of the molecule is CCC[Si](O)(CCC)O[Si]O[Si]O[Si]O[Si]. The highest BCUT2D eigenvalue weighted by atomic mass is 28.4. The van der Waals surface area contributed by atoms with Gasteiger partial charge in [0.1, 0.15) is 0 Å². The van der Waals surface area contributed by atoms with Gasteiger partial charge in [-0.05, 0) is 12.1 Å². The van der Waals surface area contributed by atoms with Crippen molar-refractivity contribution in [1.29, 1.82) is 0 Å². The monoisotopic (exact) mass is 307 g/mol. The fourth-order valence-corrected chi connectivity index (χ4v) is 6.33. The van der Waals surface area contributed by atoms with Gasteiger partial charge in [-0.1, -0.05) is 26.7 Å². The average Bonchev–Trinajstić information content (AvgIpc) is 2.24. The molecule has 0 aliphatic carbocycles. The Labute approximate surface area is 109 Å². The third-order valence-corrected chi connectivity index (χ3v) is 7.80. The molecule has 0 saturated carbocycles. The van der Waals surface area contributed by atoms with Gasteiger partial charge in [0.25, 0.3) is 0 Å². The Morgan fingerprint density at radius 2 is 1.62 bits per heavy atom. The van der Waals surface area contributed by atoms with Crippen LogP contribution in [0.25, 0.3) is 0 Å². The zero-order valence-electron chi connectivity index (χ0n) is 9.41. The summed E-state index contributed by atoms with van der Waals surface area (Å²) >= 11 is 0.